The monoisotopic (exact) mass is 440 g/mol. The van der Waals surface area contributed by atoms with Gasteiger partial charge in [-0.1, -0.05) is 30.3 Å². The Morgan fingerprint density at radius 1 is 1.00 bits per heavy atom. The van der Waals surface area contributed by atoms with E-state index in [4.69, 9.17) is 9.15 Å². The van der Waals surface area contributed by atoms with Crippen LogP contribution >= 0.6 is 0 Å². The summed E-state index contributed by atoms with van der Waals surface area (Å²) in [6.07, 6.45) is 2.68. The van der Waals surface area contributed by atoms with Crippen LogP contribution in [-0.4, -0.2) is 27.4 Å². The van der Waals surface area contributed by atoms with Crippen LogP contribution in [0.4, 0.5) is 5.69 Å². The third-order valence-electron chi connectivity index (χ3n) is 4.16. The lowest BCUT2D eigenvalue weighted by atomic mass is 10.2. The zero-order valence-corrected chi connectivity index (χ0v) is 17.4. The molecule has 160 valence electrons. The molecule has 0 aliphatic rings. The molecule has 0 fully saturated rings. The molecule has 0 atom stereocenters. The van der Waals surface area contributed by atoms with Crippen LogP contribution in [0.3, 0.4) is 0 Å². The van der Waals surface area contributed by atoms with Gasteiger partial charge in [0.25, 0.3) is 0 Å². The van der Waals surface area contributed by atoms with E-state index in [9.17, 15) is 18.0 Å². The minimum Gasteiger partial charge on any atom is -0.465 e. The smallest absolute Gasteiger partial charge is 0.339 e. The summed E-state index contributed by atoms with van der Waals surface area (Å²) < 4.78 is 37.2. The van der Waals surface area contributed by atoms with Crippen LogP contribution in [0, 0.1) is 0 Å². The third-order valence-corrected chi connectivity index (χ3v) is 5.58. The van der Waals surface area contributed by atoms with Crippen molar-refractivity contribution in [2.75, 3.05) is 12.4 Å². The molecule has 0 saturated carbocycles. The highest BCUT2D eigenvalue weighted by molar-refractivity contribution is 7.89. The molecule has 31 heavy (non-hydrogen) atoms. The zero-order chi connectivity index (χ0) is 22.3. The number of sulfonamides is 1. The number of benzene rings is 2. The highest BCUT2D eigenvalue weighted by Gasteiger charge is 2.14. The minimum absolute atomic E-state index is 0.0379. The van der Waals surface area contributed by atoms with E-state index in [2.05, 4.69) is 10.0 Å². The van der Waals surface area contributed by atoms with Gasteiger partial charge in [0.15, 0.2) is 0 Å². The van der Waals surface area contributed by atoms with Gasteiger partial charge in [-0.15, -0.1) is 0 Å². The number of ether oxygens (including phenoxy) is 1. The Kier molecular flexibility index (Phi) is 7.01. The molecule has 1 heterocycles. The molecule has 0 aliphatic carbocycles. The van der Waals surface area contributed by atoms with Gasteiger partial charge in [-0.05, 0) is 42.5 Å². The van der Waals surface area contributed by atoms with Gasteiger partial charge in [0.1, 0.15) is 11.5 Å². The number of esters is 1. The molecule has 9 heteroatoms. The van der Waals surface area contributed by atoms with Crippen LogP contribution in [0.5, 0.6) is 0 Å². The number of amides is 1. The van der Waals surface area contributed by atoms with Crippen molar-refractivity contribution < 1.29 is 27.2 Å². The molecular formula is C22H20N2O6S. The fraction of sp³-hybridized carbons (Fsp3) is 0.0909. The van der Waals surface area contributed by atoms with Gasteiger partial charge in [0.05, 0.1) is 29.8 Å². The topological polar surface area (TPSA) is 115 Å². The van der Waals surface area contributed by atoms with E-state index in [1.165, 1.54) is 31.4 Å². The van der Waals surface area contributed by atoms with E-state index < -0.39 is 21.9 Å². The van der Waals surface area contributed by atoms with Crippen molar-refractivity contribution in [1.29, 1.82) is 0 Å². The number of methoxy groups -OCH3 is 1. The largest absolute Gasteiger partial charge is 0.465 e. The van der Waals surface area contributed by atoms with E-state index in [0.29, 0.717) is 17.2 Å². The fourth-order valence-corrected chi connectivity index (χ4v) is 3.65. The fourth-order valence-electron chi connectivity index (χ4n) is 2.64. The summed E-state index contributed by atoms with van der Waals surface area (Å²) >= 11 is 0. The molecule has 0 saturated heterocycles. The molecule has 2 aromatic carbocycles. The summed E-state index contributed by atoms with van der Waals surface area (Å²) in [5.74, 6) is -0.284. The molecule has 3 rings (SSSR count). The maximum absolute atomic E-state index is 12.2. The van der Waals surface area contributed by atoms with Gasteiger partial charge >= 0.3 is 5.97 Å². The number of rotatable bonds is 8. The van der Waals surface area contributed by atoms with Crippen LogP contribution in [-0.2, 0) is 26.1 Å². The van der Waals surface area contributed by atoms with Crippen LogP contribution in [0.1, 0.15) is 21.9 Å². The lowest BCUT2D eigenvalue weighted by Crippen LogP contribution is -2.22. The Hall–Kier alpha value is -3.69. The van der Waals surface area contributed by atoms with Crippen LogP contribution in [0.15, 0.2) is 82.1 Å². The summed E-state index contributed by atoms with van der Waals surface area (Å²) in [6, 6.07) is 17.7. The Morgan fingerprint density at radius 2 is 1.71 bits per heavy atom. The second-order valence-electron chi connectivity index (χ2n) is 6.30. The first-order chi connectivity index (χ1) is 14.9. The minimum atomic E-state index is -3.65. The molecule has 1 amide bonds. The van der Waals surface area contributed by atoms with Gasteiger partial charge in [0.2, 0.25) is 15.9 Å². The van der Waals surface area contributed by atoms with Crippen LogP contribution in [0.25, 0.3) is 6.08 Å². The molecule has 2 N–H and O–H groups in total. The van der Waals surface area contributed by atoms with Crippen molar-refractivity contribution in [2.45, 2.75) is 11.4 Å². The van der Waals surface area contributed by atoms with Gasteiger partial charge in [0, 0.05) is 6.08 Å². The standard InChI is InChI=1S/C22H20N2O6S/c1-29-22(26)19-9-5-6-10-20(19)24-21(25)14-13-16-11-12-17(30-16)15-23-31(27,28)18-7-3-2-4-8-18/h2-14,23H,15H2,1H3,(H,24,25)/b14-13+. The lowest BCUT2D eigenvalue weighted by molar-refractivity contribution is -0.111. The number of hydrogen-bond donors (Lipinski definition) is 2. The molecule has 0 aliphatic heterocycles. The molecule has 8 nitrogen and oxygen atoms in total. The summed E-state index contributed by atoms with van der Waals surface area (Å²) in [5, 5.41) is 2.61. The van der Waals surface area contributed by atoms with E-state index in [0.717, 1.165) is 0 Å². The first kappa shape index (κ1) is 22.0. The number of carbonyl (C=O) groups excluding carboxylic acids is 2. The van der Waals surface area contributed by atoms with Gasteiger partial charge in [-0.2, -0.15) is 0 Å². The van der Waals surface area contributed by atoms with E-state index >= 15 is 0 Å². The lowest BCUT2D eigenvalue weighted by Gasteiger charge is -2.07. The highest BCUT2D eigenvalue weighted by atomic mass is 32.2. The van der Waals surface area contributed by atoms with Crippen molar-refractivity contribution in [2.24, 2.45) is 0 Å². The van der Waals surface area contributed by atoms with Crippen molar-refractivity contribution in [1.82, 2.24) is 4.72 Å². The van der Waals surface area contributed by atoms with Crippen molar-refractivity contribution >= 4 is 33.7 Å². The quantitative estimate of drug-likeness (QED) is 0.411. The number of nitrogens with one attached hydrogen (secondary N) is 2. The Morgan fingerprint density at radius 3 is 2.45 bits per heavy atom. The number of furan rings is 1. The SMILES string of the molecule is COC(=O)c1ccccc1NC(=O)/C=C/c1ccc(CNS(=O)(=O)c2ccccc2)o1. The molecule has 0 unspecified atom stereocenters. The highest BCUT2D eigenvalue weighted by Crippen LogP contribution is 2.17. The van der Waals surface area contributed by atoms with Crippen molar-refractivity contribution in [3.8, 4) is 0 Å². The maximum atomic E-state index is 12.2. The average molecular weight is 440 g/mol. The van der Waals surface area contributed by atoms with E-state index in [1.54, 1.807) is 54.6 Å². The molecule has 0 bridgehead atoms. The first-order valence-corrected chi connectivity index (χ1v) is 10.7. The number of carbonyl (C=O) groups is 2. The predicted octanol–water partition coefficient (Wildman–Crippen LogP) is 3.20. The Bertz CT molecular complexity index is 1200. The normalized spacial score (nSPS) is 11.4. The molecule has 0 radical (unpaired) electrons. The summed E-state index contributed by atoms with van der Waals surface area (Å²) in [7, 11) is -2.39. The summed E-state index contributed by atoms with van der Waals surface area (Å²) in [6.45, 7) is -0.0379. The second kappa shape index (κ2) is 9.88. The van der Waals surface area contributed by atoms with Gasteiger partial charge in [-0.3, -0.25) is 4.79 Å². The average Bonchev–Trinajstić information content (AvgIpc) is 3.25. The first-order valence-electron chi connectivity index (χ1n) is 9.19. The number of hydrogen-bond acceptors (Lipinski definition) is 6. The Labute approximate surface area is 179 Å². The molecule has 3 aromatic rings. The number of para-hydroxylation sites is 1. The van der Waals surface area contributed by atoms with E-state index in [-0.39, 0.29) is 17.0 Å². The van der Waals surface area contributed by atoms with Crippen LogP contribution in [0.2, 0.25) is 0 Å². The summed E-state index contributed by atoms with van der Waals surface area (Å²) in [4.78, 5) is 24.1. The third kappa shape index (κ3) is 5.91. The van der Waals surface area contributed by atoms with E-state index in [1.807, 2.05) is 0 Å². The van der Waals surface area contributed by atoms with Gasteiger partial charge in [-0.25, -0.2) is 17.9 Å². The van der Waals surface area contributed by atoms with Gasteiger partial charge < -0.3 is 14.5 Å². The van der Waals surface area contributed by atoms with Crippen LogP contribution < -0.4 is 10.0 Å². The second-order valence-corrected chi connectivity index (χ2v) is 8.07. The van der Waals surface area contributed by atoms with Crippen molar-refractivity contribution in [3.63, 3.8) is 0 Å². The summed E-state index contributed by atoms with van der Waals surface area (Å²) in [5.41, 5.74) is 0.553. The zero-order valence-electron chi connectivity index (χ0n) is 16.6. The van der Waals surface area contributed by atoms with Crippen molar-refractivity contribution in [3.05, 3.63) is 89.9 Å². The molecular weight excluding hydrogens is 420 g/mol. The Balaban J connectivity index is 1.60. The molecule has 0 spiro atoms. The maximum Gasteiger partial charge on any atom is 0.339 e. The molecule has 1 aromatic heterocycles. The number of anilines is 1. The predicted molar refractivity (Wildman–Crippen MR) is 115 cm³/mol.